The van der Waals surface area contributed by atoms with E-state index >= 15 is 0 Å². The highest BCUT2D eigenvalue weighted by Gasteiger charge is 2.06. The third-order valence-electron chi connectivity index (χ3n) is 4.45. The smallest absolute Gasteiger partial charge is 0.277 e. The highest BCUT2D eigenvalue weighted by Crippen LogP contribution is 2.16. The molecule has 1 aromatic rings. The molecule has 1 aliphatic carbocycles. The van der Waals surface area contributed by atoms with E-state index < -0.39 is 0 Å². The molecule has 5 heteroatoms. The molecule has 1 aromatic carbocycles. The van der Waals surface area contributed by atoms with E-state index in [2.05, 4.69) is 26.5 Å². The standard InChI is InChI=1S/C20H29BrN2O2/c21-17-12-14-19(15-13-17)25-16-20(24)23-22-18-10-8-6-4-2-1-3-5-7-9-11-18/h12-15H,1-11,16H2,(H,23,24). The number of hydrogen-bond donors (Lipinski definition) is 1. The van der Waals surface area contributed by atoms with Gasteiger partial charge in [0.05, 0.1) is 0 Å². The molecule has 0 aromatic heterocycles. The molecule has 138 valence electrons. The number of ether oxygens (including phenoxy) is 1. The van der Waals surface area contributed by atoms with Crippen LogP contribution in [-0.2, 0) is 4.79 Å². The number of nitrogens with zero attached hydrogens (tertiary/aromatic N) is 1. The molecule has 0 heterocycles. The molecule has 1 fully saturated rings. The van der Waals surface area contributed by atoms with Crippen molar-refractivity contribution in [2.75, 3.05) is 6.61 Å². The minimum Gasteiger partial charge on any atom is -0.484 e. The van der Waals surface area contributed by atoms with E-state index in [1.54, 1.807) is 0 Å². The third-order valence-corrected chi connectivity index (χ3v) is 4.98. The summed E-state index contributed by atoms with van der Waals surface area (Å²) < 4.78 is 6.46. The summed E-state index contributed by atoms with van der Waals surface area (Å²) in [5.74, 6) is 0.471. The maximum Gasteiger partial charge on any atom is 0.277 e. The molecule has 2 rings (SSSR count). The highest BCUT2D eigenvalue weighted by molar-refractivity contribution is 9.10. The van der Waals surface area contributed by atoms with E-state index in [1.807, 2.05) is 24.3 Å². The van der Waals surface area contributed by atoms with Gasteiger partial charge in [-0.25, -0.2) is 5.43 Å². The molecular weight excluding hydrogens is 380 g/mol. The van der Waals surface area contributed by atoms with Crippen molar-refractivity contribution in [3.8, 4) is 5.75 Å². The predicted octanol–water partition coefficient (Wildman–Crippen LogP) is 5.60. The van der Waals surface area contributed by atoms with E-state index in [9.17, 15) is 4.79 Å². The maximum absolute atomic E-state index is 12.0. The van der Waals surface area contributed by atoms with Crippen LogP contribution in [0.15, 0.2) is 33.8 Å². The zero-order chi connectivity index (χ0) is 17.7. The van der Waals surface area contributed by atoms with Gasteiger partial charge in [-0.1, -0.05) is 60.9 Å². The van der Waals surface area contributed by atoms with E-state index in [0.717, 1.165) is 23.0 Å². The largest absolute Gasteiger partial charge is 0.484 e. The van der Waals surface area contributed by atoms with Gasteiger partial charge < -0.3 is 4.74 Å². The Labute approximate surface area is 159 Å². The molecule has 0 aliphatic heterocycles. The molecule has 1 saturated carbocycles. The van der Waals surface area contributed by atoms with Crippen molar-refractivity contribution in [2.24, 2.45) is 5.10 Å². The van der Waals surface area contributed by atoms with Gasteiger partial charge in [0.15, 0.2) is 6.61 Å². The molecule has 0 spiro atoms. The minimum absolute atomic E-state index is 0.0155. The van der Waals surface area contributed by atoms with Gasteiger partial charge in [-0.05, 0) is 49.9 Å². The van der Waals surface area contributed by atoms with Gasteiger partial charge in [-0.2, -0.15) is 5.10 Å². The van der Waals surface area contributed by atoms with Crippen LogP contribution >= 0.6 is 15.9 Å². The van der Waals surface area contributed by atoms with E-state index in [4.69, 9.17) is 4.74 Å². The van der Waals surface area contributed by atoms with Gasteiger partial charge in [0.25, 0.3) is 5.91 Å². The van der Waals surface area contributed by atoms with Crippen LogP contribution < -0.4 is 10.2 Å². The summed E-state index contributed by atoms with van der Waals surface area (Å²) in [6, 6.07) is 7.43. The summed E-state index contributed by atoms with van der Waals surface area (Å²) in [6.07, 6.45) is 13.6. The van der Waals surface area contributed by atoms with Crippen LogP contribution in [0.4, 0.5) is 0 Å². The summed E-state index contributed by atoms with van der Waals surface area (Å²) in [7, 11) is 0. The Bertz CT molecular complexity index is 529. The van der Waals surface area contributed by atoms with Crippen LogP contribution in [0.2, 0.25) is 0 Å². The average molecular weight is 409 g/mol. The number of halogens is 1. The van der Waals surface area contributed by atoms with Gasteiger partial charge in [0.1, 0.15) is 5.75 Å². The number of rotatable bonds is 4. The second-order valence-corrected chi connectivity index (χ2v) is 7.55. The molecule has 25 heavy (non-hydrogen) atoms. The molecule has 0 saturated heterocycles. The molecule has 1 aliphatic rings. The second kappa shape index (κ2) is 12.1. The van der Waals surface area contributed by atoms with E-state index in [-0.39, 0.29) is 12.5 Å². The number of benzene rings is 1. The Kier molecular flexibility index (Phi) is 9.63. The van der Waals surface area contributed by atoms with Crippen molar-refractivity contribution in [3.63, 3.8) is 0 Å². The van der Waals surface area contributed by atoms with Crippen LogP contribution in [0.5, 0.6) is 5.75 Å². The molecule has 1 N–H and O–H groups in total. The summed E-state index contributed by atoms with van der Waals surface area (Å²) in [5.41, 5.74) is 3.78. The van der Waals surface area contributed by atoms with Crippen LogP contribution in [0.25, 0.3) is 0 Å². The van der Waals surface area contributed by atoms with Crippen LogP contribution in [-0.4, -0.2) is 18.2 Å². The first kappa shape index (κ1) is 20.0. The van der Waals surface area contributed by atoms with Crippen molar-refractivity contribution in [2.45, 2.75) is 70.6 Å². The first-order chi connectivity index (χ1) is 12.2. The number of carbonyl (C=O) groups excluding carboxylic acids is 1. The summed E-state index contributed by atoms with van der Waals surface area (Å²) in [5, 5.41) is 4.37. The minimum atomic E-state index is -0.207. The quantitative estimate of drug-likeness (QED) is 0.658. The monoisotopic (exact) mass is 408 g/mol. The summed E-state index contributed by atoms with van der Waals surface area (Å²) >= 11 is 3.37. The van der Waals surface area contributed by atoms with Gasteiger partial charge in [-0.3, -0.25) is 4.79 Å². The van der Waals surface area contributed by atoms with E-state index in [1.165, 1.54) is 57.8 Å². The molecule has 0 unspecified atom stereocenters. The topological polar surface area (TPSA) is 50.7 Å². The van der Waals surface area contributed by atoms with Crippen molar-refractivity contribution in [1.29, 1.82) is 0 Å². The van der Waals surface area contributed by atoms with Gasteiger partial charge in [0.2, 0.25) is 0 Å². The Morgan fingerprint density at radius 3 is 2.00 bits per heavy atom. The predicted molar refractivity (Wildman–Crippen MR) is 106 cm³/mol. The molecular formula is C20H29BrN2O2. The number of nitrogens with one attached hydrogen (secondary N) is 1. The lowest BCUT2D eigenvalue weighted by Gasteiger charge is -2.10. The van der Waals surface area contributed by atoms with Crippen LogP contribution in [0.3, 0.4) is 0 Å². The van der Waals surface area contributed by atoms with E-state index in [0.29, 0.717) is 5.75 Å². The summed E-state index contributed by atoms with van der Waals surface area (Å²) in [4.78, 5) is 12.0. The van der Waals surface area contributed by atoms with Crippen molar-refractivity contribution < 1.29 is 9.53 Å². The zero-order valence-electron chi connectivity index (χ0n) is 14.9. The Morgan fingerprint density at radius 1 is 0.920 bits per heavy atom. The molecule has 0 atom stereocenters. The van der Waals surface area contributed by atoms with Gasteiger partial charge in [-0.15, -0.1) is 0 Å². The first-order valence-corrected chi connectivity index (χ1v) is 10.3. The normalized spacial score (nSPS) is 17.1. The number of amides is 1. The average Bonchev–Trinajstić information content (AvgIpc) is 2.61. The Balaban J connectivity index is 1.75. The zero-order valence-corrected chi connectivity index (χ0v) is 16.5. The Hall–Kier alpha value is -1.36. The van der Waals surface area contributed by atoms with Crippen molar-refractivity contribution in [3.05, 3.63) is 28.7 Å². The molecule has 1 amide bonds. The summed E-state index contributed by atoms with van der Waals surface area (Å²) in [6.45, 7) is -0.0155. The fourth-order valence-corrected chi connectivity index (χ4v) is 3.25. The van der Waals surface area contributed by atoms with Gasteiger partial charge in [0, 0.05) is 10.2 Å². The van der Waals surface area contributed by atoms with Crippen molar-refractivity contribution in [1.82, 2.24) is 5.43 Å². The molecule has 0 radical (unpaired) electrons. The lowest BCUT2D eigenvalue weighted by atomic mass is 10.00. The van der Waals surface area contributed by atoms with Crippen LogP contribution in [0.1, 0.15) is 70.6 Å². The maximum atomic E-state index is 12.0. The fourth-order valence-electron chi connectivity index (χ4n) is 2.99. The SMILES string of the molecule is O=C(COc1ccc(Br)cc1)NN=C1CCCCCCCCCCC1. The fraction of sp³-hybridized carbons (Fsp3) is 0.600. The molecule has 4 nitrogen and oxygen atoms in total. The Morgan fingerprint density at radius 2 is 1.44 bits per heavy atom. The highest BCUT2D eigenvalue weighted by atomic mass is 79.9. The number of carbonyl (C=O) groups is 1. The number of hydrazone groups is 1. The molecule has 0 bridgehead atoms. The van der Waals surface area contributed by atoms with Crippen molar-refractivity contribution >= 4 is 27.5 Å². The third kappa shape index (κ3) is 9.05. The lowest BCUT2D eigenvalue weighted by Crippen LogP contribution is -2.25. The van der Waals surface area contributed by atoms with Gasteiger partial charge >= 0.3 is 0 Å². The first-order valence-electron chi connectivity index (χ1n) is 9.47. The van der Waals surface area contributed by atoms with Crippen LogP contribution in [0, 0.1) is 0 Å². The second-order valence-electron chi connectivity index (χ2n) is 6.64. The number of hydrogen-bond acceptors (Lipinski definition) is 3. The lowest BCUT2D eigenvalue weighted by molar-refractivity contribution is -0.123.